The highest BCUT2D eigenvalue weighted by Gasteiger charge is 2.39. The molecule has 0 bridgehead atoms. The first-order valence-corrected chi connectivity index (χ1v) is 14.1. The lowest BCUT2D eigenvalue weighted by molar-refractivity contribution is -0.145. The summed E-state index contributed by atoms with van der Waals surface area (Å²) in [6, 6.07) is 2.51. The smallest absolute Gasteiger partial charge is 0.326 e. The van der Waals surface area contributed by atoms with Crippen molar-refractivity contribution in [1.29, 1.82) is 0 Å². The number of rotatable bonds is 15. The number of nitrogens with zero attached hydrogens (tertiary/aromatic N) is 2. The first-order valence-electron chi connectivity index (χ1n) is 12.7. The van der Waals surface area contributed by atoms with E-state index in [1.54, 1.807) is 12.1 Å². The molecule has 1 aromatic rings. The zero-order valence-corrected chi connectivity index (χ0v) is 22.9. The number of benzene rings is 1. The van der Waals surface area contributed by atoms with E-state index in [0.29, 0.717) is 38.0 Å². The molecule has 13 nitrogen and oxygen atoms in total. The van der Waals surface area contributed by atoms with Gasteiger partial charge < -0.3 is 42.9 Å². The molecule has 1 aliphatic rings. The number of aliphatic imine (C=N–C) groups is 1. The lowest BCUT2D eigenvalue weighted by atomic mass is 10.0. The molecule has 3 amide bonds. The maximum Gasteiger partial charge on any atom is 0.326 e. The minimum absolute atomic E-state index is 0.101. The number of carbonyl (C=O) groups is 4. The number of amides is 3. The largest absolute Gasteiger partial charge is 0.508 e. The molecule has 4 atom stereocenters. The summed E-state index contributed by atoms with van der Waals surface area (Å²) in [6.45, 7) is 0.534. The number of phenolic OH excluding ortho intramolecular Hbond substituents is 1. The number of hydrogen-bond donors (Lipinski definition) is 7. The Morgan fingerprint density at radius 2 is 1.82 bits per heavy atom. The van der Waals surface area contributed by atoms with Crippen molar-refractivity contribution in [3.05, 3.63) is 29.8 Å². The highest BCUT2D eigenvalue weighted by molar-refractivity contribution is 7.98. The molecule has 0 aliphatic carbocycles. The van der Waals surface area contributed by atoms with E-state index in [1.807, 2.05) is 6.26 Å². The third kappa shape index (κ3) is 10.3. The second-order valence-electron chi connectivity index (χ2n) is 9.36. The Morgan fingerprint density at radius 1 is 1.13 bits per heavy atom. The third-order valence-electron chi connectivity index (χ3n) is 6.35. The van der Waals surface area contributed by atoms with Crippen molar-refractivity contribution in [3.8, 4) is 5.75 Å². The minimum Gasteiger partial charge on any atom is -0.508 e. The molecule has 216 valence electrons. The van der Waals surface area contributed by atoms with Crippen molar-refractivity contribution in [2.75, 3.05) is 25.1 Å². The van der Waals surface area contributed by atoms with E-state index in [4.69, 9.17) is 17.2 Å². The molecular weight excluding hydrogens is 526 g/mol. The zero-order chi connectivity index (χ0) is 28.9. The molecule has 2 rings (SSSR count). The normalized spacial score (nSPS) is 17.1. The summed E-state index contributed by atoms with van der Waals surface area (Å²) in [4.78, 5) is 56.4. The van der Waals surface area contributed by atoms with Crippen LogP contribution in [0, 0.1) is 0 Å². The number of nitrogens with two attached hydrogens (primary N) is 3. The minimum atomic E-state index is -1.20. The lowest BCUT2D eigenvalue weighted by Gasteiger charge is -2.30. The molecule has 1 heterocycles. The van der Waals surface area contributed by atoms with Gasteiger partial charge in [0.1, 0.15) is 23.9 Å². The highest BCUT2D eigenvalue weighted by Crippen LogP contribution is 2.20. The quantitative estimate of drug-likeness (QED) is 0.0788. The number of nitrogens with one attached hydrogen (secondary N) is 2. The second-order valence-corrected chi connectivity index (χ2v) is 10.3. The fourth-order valence-electron chi connectivity index (χ4n) is 4.28. The van der Waals surface area contributed by atoms with Gasteiger partial charge in [-0.05, 0) is 68.2 Å². The standard InChI is InChI=1S/C25H39N7O6S/c1-39-13-10-18(30-21(34)17(26)14-15-6-8-16(33)9-7-15)23(36)32-12-3-5-20(32)22(35)31-19(24(37)38)4-2-11-29-25(27)28/h6-9,17-20,33H,2-5,10-14,26H2,1H3,(H,30,34)(H,31,35)(H,37,38)(H4,27,28,29). The molecule has 0 aromatic heterocycles. The van der Waals surface area contributed by atoms with Gasteiger partial charge in [-0.3, -0.25) is 19.4 Å². The summed E-state index contributed by atoms with van der Waals surface area (Å²) in [5.41, 5.74) is 17.4. The van der Waals surface area contributed by atoms with Crippen LogP contribution in [0.4, 0.5) is 0 Å². The number of likely N-dealkylation sites (tertiary alicyclic amines) is 1. The van der Waals surface area contributed by atoms with Crippen LogP contribution in [0.15, 0.2) is 29.3 Å². The summed E-state index contributed by atoms with van der Waals surface area (Å²) in [5, 5.41) is 24.3. The third-order valence-corrected chi connectivity index (χ3v) is 7.00. The van der Waals surface area contributed by atoms with Crippen LogP contribution in [-0.2, 0) is 25.6 Å². The van der Waals surface area contributed by atoms with Crippen molar-refractivity contribution >= 4 is 41.4 Å². The first kappa shape index (κ1) is 31.7. The van der Waals surface area contributed by atoms with Gasteiger partial charge in [-0.15, -0.1) is 0 Å². The molecule has 0 spiro atoms. The van der Waals surface area contributed by atoms with Crippen LogP contribution in [0.1, 0.15) is 37.7 Å². The molecule has 10 N–H and O–H groups in total. The maximum absolute atomic E-state index is 13.5. The van der Waals surface area contributed by atoms with Gasteiger partial charge in [0.25, 0.3) is 0 Å². The number of aromatic hydroxyl groups is 1. The molecule has 0 saturated carbocycles. The van der Waals surface area contributed by atoms with Crippen LogP contribution in [0.3, 0.4) is 0 Å². The van der Waals surface area contributed by atoms with E-state index >= 15 is 0 Å². The molecule has 4 unspecified atom stereocenters. The van der Waals surface area contributed by atoms with Crippen LogP contribution in [0.2, 0.25) is 0 Å². The predicted molar refractivity (Wildman–Crippen MR) is 149 cm³/mol. The van der Waals surface area contributed by atoms with E-state index in [-0.39, 0.29) is 31.1 Å². The molecule has 14 heteroatoms. The van der Waals surface area contributed by atoms with Crippen LogP contribution >= 0.6 is 11.8 Å². The fraction of sp³-hybridized carbons (Fsp3) is 0.560. The van der Waals surface area contributed by atoms with Gasteiger partial charge in [0.2, 0.25) is 17.7 Å². The van der Waals surface area contributed by atoms with Gasteiger partial charge in [-0.25, -0.2) is 4.79 Å². The van der Waals surface area contributed by atoms with Crippen molar-refractivity contribution in [2.24, 2.45) is 22.2 Å². The Morgan fingerprint density at radius 3 is 2.44 bits per heavy atom. The number of carboxylic acid groups (broad SMARTS) is 1. The summed E-state index contributed by atoms with van der Waals surface area (Å²) in [7, 11) is 0. The number of guanidine groups is 1. The Balaban J connectivity index is 2.05. The Labute approximate surface area is 231 Å². The summed E-state index contributed by atoms with van der Waals surface area (Å²) in [5.74, 6) is -2.09. The number of hydrogen-bond acceptors (Lipinski definition) is 8. The molecule has 0 radical (unpaired) electrons. The summed E-state index contributed by atoms with van der Waals surface area (Å²) in [6.07, 6.45) is 3.83. The first-order chi connectivity index (χ1) is 18.5. The van der Waals surface area contributed by atoms with E-state index in [0.717, 1.165) is 5.56 Å². The average molecular weight is 566 g/mol. The van der Waals surface area contributed by atoms with Gasteiger partial charge in [-0.2, -0.15) is 11.8 Å². The van der Waals surface area contributed by atoms with Gasteiger partial charge >= 0.3 is 5.97 Å². The van der Waals surface area contributed by atoms with Crippen LogP contribution in [-0.4, -0.2) is 94.0 Å². The summed E-state index contributed by atoms with van der Waals surface area (Å²) >= 11 is 1.51. The van der Waals surface area contributed by atoms with E-state index in [1.165, 1.54) is 28.8 Å². The number of phenols is 1. The average Bonchev–Trinajstić information content (AvgIpc) is 3.39. The van der Waals surface area contributed by atoms with E-state index in [2.05, 4.69) is 15.6 Å². The molecule has 1 aromatic carbocycles. The number of carboxylic acids is 1. The fourth-order valence-corrected chi connectivity index (χ4v) is 4.75. The summed E-state index contributed by atoms with van der Waals surface area (Å²) < 4.78 is 0. The van der Waals surface area contributed by atoms with Crippen LogP contribution < -0.4 is 27.8 Å². The van der Waals surface area contributed by atoms with Gasteiger partial charge in [0.05, 0.1) is 6.04 Å². The molecular formula is C25H39N7O6S. The van der Waals surface area contributed by atoms with Crippen molar-refractivity contribution in [3.63, 3.8) is 0 Å². The topological polar surface area (TPSA) is 226 Å². The SMILES string of the molecule is CSCCC(NC(=O)C(N)Cc1ccc(O)cc1)C(=O)N1CCCC1C(=O)NC(CCCN=C(N)N)C(=O)O. The lowest BCUT2D eigenvalue weighted by Crippen LogP contribution is -2.57. The van der Waals surface area contributed by atoms with Crippen LogP contribution in [0.25, 0.3) is 0 Å². The second kappa shape index (κ2) is 15.8. The molecule has 39 heavy (non-hydrogen) atoms. The highest BCUT2D eigenvalue weighted by atomic mass is 32.2. The number of carbonyl (C=O) groups excluding carboxylic acids is 3. The van der Waals surface area contributed by atoms with Crippen molar-refractivity contribution < 1.29 is 29.4 Å². The van der Waals surface area contributed by atoms with Crippen molar-refractivity contribution in [1.82, 2.24) is 15.5 Å². The monoisotopic (exact) mass is 565 g/mol. The van der Waals surface area contributed by atoms with Crippen molar-refractivity contribution in [2.45, 2.75) is 62.7 Å². The number of thioether (sulfide) groups is 1. The maximum atomic E-state index is 13.5. The zero-order valence-electron chi connectivity index (χ0n) is 22.0. The Bertz CT molecular complexity index is 1020. The molecule has 1 fully saturated rings. The number of aliphatic carboxylic acids is 1. The van der Waals surface area contributed by atoms with Crippen LogP contribution in [0.5, 0.6) is 5.75 Å². The van der Waals surface area contributed by atoms with Gasteiger partial charge in [0.15, 0.2) is 5.96 Å². The van der Waals surface area contributed by atoms with Gasteiger partial charge in [-0.1, -0.05) is 12.1 Å². The van der Waals surface area contributed by atoms with E-state index < -0.39 is 47.9 Å². The van der Waals surface area contributed by atoms with E-state index in [9.17, 15) is 29.4 Å². The Kier molecular flexibility index (Phi) is 12.8. The van der Waals surface area contributed by atoms with Gasteiger partial charge in [0, 0.05) is 13.1 Å². The molecule has 1 aliphatic heterocycles. The predicted octanol–water partition coefficient (Wildman–Crippen LogP) is -0.886. The Hall–Kier alpha value is -3.52. The molecule has 1 saturated heterocycles.